The van der Waals surface area contributed by atoms with E-state index in [9.17, 15) is 9.50 Å². The van der Waals surface area contributed by atoms with Gasteiger partial charge in [-0.2, -0.15) is 0 Å². The van der Waals surface area contributed by atoms with E-state index in [1.165, 1.54) is 17.7 Å². The van der Waals surface area contributed by atoms with Crippen LogP contribution in [0.3, 0.4) is 0 Å². The molecule has 2 aromatic carbocycles. The van der Waals surface area contributed by atoms with Crippen LogP contribution in [-0.4, -0.2) is 5.11 Å². The van der Waals surface area contributed by atoms with E-state index in [1.807, 2.05) is 0 Å². The molecule has 0 fully saturated rings. The lowest BCUT2D eigenvalue weighted by atomic mass is 9.88. The number of benzene rings is 2. The van der Waals surface area contributed by atoms with Gasteiger partial charge in [0.05, 0.1) is 0 Å². The molecule has 0 radical (unpaired) electrons. The number of halogens is 1. The maximum absolute atomic E-state index is 13.4. The minimum Gasteiger partial charge on any atom is -0.384 e. The Morgan fingerprint density at radius 2 is 1.57 bits per heavy atom. The molecule has 0 aliphatic heterocycles. The Labute approximate surface area is 126 Å². The molecule has 2 heteroatoms. The first kappa shape index (κ1) is 15.7. The molecule has 2 aromatic rings. The van der Waals surface area contributed by atoms with Crippen molar-refractivity contribution in [2.24, 2.45) is 0 Å². The molecule has 0 aliphatic carbocycles. The quantitative estimate of drug-likeness (QED) is 0.852. The molecule has 1 atom stereocenters. The van der Waals surface area contributed by atoms with Gasteiger partial charge in [0.25, 0.3) is 0 Å². The van der Waals surface area contributed by atoms with E-state index in [0.717, 1.165) is 36.0 Å². The van der Waals surface area contributed by atoms with Crippen molar-refractivity contribution in [3.8, 4) is 0 Å². The Kier molecular flexibility index (Phi) is 5.13. The summed E-state index contributed by atoms with van der Waals surface area (Å²) in [6, 6.07) is 10.6. The summed E-state index contributed by atoms with van der Waals surface area (Å²) in [5.41, 5.74) is 5.16. The van der Waals surface area contributed by atoms with E-state index in [1.54, 1.807) is 12.1 Å². The Hall–Kier alpha value is -1.67. The van der Waals surface area contributed by atoms with Crippen molar-refractivity contribution >= 4 is 0 Å². The predicted octanol–water partition coefficient (Wildman–Crippen LogP) is 4.59. The SMILES string of the molecule is CCc1cc(CC)c(C(O)c2cccc(F)c2)c(CC)c1. The lowest BCUT2D eigenvalue weighted by Crippen LogP contribution is -2.09. The highest BCUT2D eigenvalue weighted by molar-refractivity contribution is 5.44. The number of rotatable bonds is 5. The third-order valence-corrected chi connectivity index (χ3v) is 4.02. The average Bonchev–Trinajstić information content (AvgIpc) is 2.52. The second-order valence-electron chi connectivity index (χ2n) is 5.35. The van der Waals surface area contributed by atoms with Gasteiger partial charge in [-0.15, -0.1) is 0 Å². The summed E-state index contributed by atoms with van der Waals surface area (Å²) < 4.78 is 13.4. The van der Waals surface area contributed by atoms with E-state index in [2.05, 4.69) is 32.9 Å². The van der Waals surface area contributed by atoms with Crippen molar-refractivity contribution in [1.29, 1.82) is 0 Å². The highest BCUT2D eigenvalue weighted by Crippen LogP contribution is 2.30. The van der Waals surface area contributed by atoms with Crippen LogP contribution in [0, 0.1) is 5.82 Å². The first-order valence-electron chi connectivity index (χ1n) is 7.68. The van der Waals surface area contributed by atoms with Crippen LogP contribution in [0.4, 0.5) is 4.39 Å². The molecule has 1 nitrogen and oxygen atoms in total. The minimum absolute atomic E-state index is 0.312. The van der Waals surface area contributed by atoms with E-state index in [4.69, 9.17) is 0 Å². The maximum atomic E-state index is 13.4. The third kappa shape index (κ3) is 3.33. The summed E-state index contributed by atoms with van der Waals surface area (Å²) in [5, 5.41) is 10.7. The van der Waals surface area contributed by atoms with Crippen molar-refractivity contribution in [2.75, 3.05) is 0 Å². The molecule has 0 aliphatic rings. The van der Waals surface area contributed by atoms with Crippen LogP contribution >= 0.6 is 0 Å². The summed E-state index contributed by atoms with van der Waals surface area (Å²) in [5.74, 6) is -0.312. The predicted molar refractivity (Wildman–Crippen MR) is 85.0 cm³/mol. The summed E-state index contributed by atoms with van der Waals surface area (Å²) in [6.45, 7) is 6.32. The van der Waals surface area contributed by atoms with Gasteiger partial charge in [0.1, 0.15) is 11.9 Å². The van der Waals surface area contributed by atoms with Crippen molar-refractivity contribution in [3.63, 3.8) is 0 Å². The summed E-state index contributed by atoms with van der Waals surface area (Å²) >= 11 is 0. The molecule has 0 aromatic heterocycles. The standard InChI is InChI=1S/C19H23FO/c1-4-13-10-14(5-2)18(15(6-3)11-13)19(21)16-8-7-9-17(20)12-16/h7-12,19,21H,4-6H2,1-3H3. The molecule has 112 valence electrons. The molecule has 0 heterocycles. The number of aryl methyl sites for hydroxylation is 3. The smallest absolute Gasteiger partial charge is 0.123 e. The summed E-state index contributed by atoms with van der Waals surface area (Å²) in [7, 11) is 0. The highest BCUT2D eigenvalue weighted by Gasteiger charge is 2.18. The van der Waals surface area contributed by atoms with E-state index >= 15 is 0 Å². The molecular weight excluding hydrogens is 263 g/mol. The van der Waals surface area contributed by atoms with Gasteiger partial charge in [0.2, 0.25) is 0 Å². The van der Waals surface area contributed by atoms with Gasteiger partial charge in [0.15, 0.2) is 0 Å². The van der Waals surface area contributed by atoms with Crippen molar-refractivity contribution in [2.45, 2.75) is 46.1 Å². The van der Waals surface area contributed by atoms with Gasteiger partial charge >= 0.3 is 0 Å². The molecule has 1 N–H and O–H groups in total. The molecular formula is C19H23FO. The second-order valence-corrected chi connectivity index (χ2v) is 5.35. The third-order valence-electron chi connectivity index (χ3n) is 4.02. The number of hydrogen-bond acceptors (Lipinski definition) is 1. The Morgan fingerprint density at radius 1 is 0.952 bits per heavy atom. The van der Waals surface area contributed by atoms with E-state index in [0.29, 0.717) is 5.56 Å². The van der Waals surface area contributed by atoms with Crippen LogP contribution < -0.4 is 0 Å². The van der Waals surface area contributed by atoms with Gasteiger partial charge in [-0.1, -0.05) is 45.0 Å². The summed E-state index contributed by atoms with van der Waals surface area (Å²) in [4.78, 5) is 0. The highest BCUT2D eigenvalue weighted by atomic mass is 19.1. The molecule has 0 saturated heterocycles. The minimum atomic E-state index is -0.767. The monoisotopic (exact) mass is 286 g/mol. The van der Waals surface area contributed by atoms with E-state index in [-0.39, 0.29) is 5.82 Å². The lowest BCUT2D eigenvalue weighted by molar-refractivity contribution is 0.217. The number of aliphatic hydroxyl groups is 1. The van der Waals surface area contributed by atoms with Gasteiger partial charge in [-0.3, -0.25) is 0 Å². The zero-order valence-corrected chi connectivity index (χ0v) is 13.0. The zero-order valence-electron chi connectivity index (χ0n) is 13.0. The molecule has 0 saturated carbocycles. The molecule has 0 spiro atoms. The van der Waals surface area contributed by atoms with E-state index < -0.39 is 6.10 Å². The van der Waals surface area contributed by atoms with Crippen molar-refractivity contribution < 1.29 is 9.50 Å². The molecule has 21 heavy (non-hydrogen) atoms. The Morgan fingerprint density at radius 3 is 2.05 bits per heavy atom. The van der Waals surface area contributed by atoms with Crippen LogP contribution in [0.5, 0.6) is 0 Å². The largest absolute Gasteiger partial charge is 0.384 e. The Balaban J connectivity index is 2.55. The van der Waals surface area contributed by atoms with Crippen molar-refractivity contribution in [1.82, 2.24) is 0 Å². The molecule has 0 bridgehead atoms. The van der Waals surface area contributed by atoms with Gasteiger partial charge in [-0.25, -0.2) is 4.39 Å². The number of hydrogen-bond donors (Lipinski definition) is 1. The Bertz CT molecular complexity index is 594. The van der Waals surface area contributed by atoms with Gasteiger partial charge in [-0.05, 0) is 59.2 Å². The van der Waals surface area contributed by atoms with Crippen LogP contribution in [0.25, 0.3) is 0 Å². The molecule has 2 rings (SSSR count). The average molecular weight is 286 g/mol. The zero-order chi connectivity index (χ0) is 15.4. The van der Waals surface area contributed by atoms with Gasteiger partial charge < -0.3 is 5.11 Å². The lowest BCUT2D eigenvalue weighted by Gasteiger charge is -2.21. The van der Waals surface area contributed by atoms with Crippen LogP contribution in [0.15, 0.2) is 36.4 Å². The fraction of sp³-hybridized carbons (Fsp3) is 0.368. The normalized spacial score (nSPS) is 12.4. The van der Waals surface area contributed by atoms with Crippen molar-refractivity contribution in [3.05, 3.63) is 70.0 Å². The van der Waals surface area contributed by atoms with Crippen LogP contribution in [0.2, 0.25) is 0 Å². The van der Waals surface area contributed by atoms with Crippen LogP contribution in [0.1, 0.15) is 54.7 Å². The van der Waals surface area contributed by atoms with Gasteiger partial charge in [0, 0.05) is 0 Å². The fourth-order valence-electron chi connectivity index (χ4n) is 2.83. The number of aliphatic hydroxyl groups excluding tert-OH is 1. The first-order valence-corrected chi connectivity index (χ1v) is 7.68. The first-order chi connectivity index (χ1) is 10.1. The fourth-order valence-corrected chi connectivity index (χ4v) is 2.83. The maximum Gasteiger partial charge on any atom is 0.123 e. The van der Waals surface area contributed by atoms with Crippen LogP contribution in [-0.2, 0) is 19.3 Å². The summed E-state index contributed by atoms with van der Waals surface area (Å²) in [6.07, 6.45) is 1.94. The molecule has 1 unspecified atom stereocenters. The topological polar surface area (TPSA) is 20.2 Å². The molecule has 0 amide bonds. The second kappa shape index (κ2) is 6.86.